The maximum Gasteiger partial charge on any atom is 0.0426 e. The number of nitrogens with zero attached hydrogens (tertiary/aromatic N) is 2. The molecule has 1 fully saturated rings. The van der Waals surface area contributed by atoms with Gasteiger partial charge in [-0.2, -0.15) is 0 Å². The predicted octanol–water partition coefficient (Wildman–Crippen LogP) is 3.47. The molecule has 0 radical (unpaired) electrons. The molecule has 1 aliphatic heterocycles. The number of halogens is 1. The van der Waals surface area contributed by atoms with Crippen LogP contribution in [0.2, 0.25) is 5.02 Å². The van der Waals surface area contributed by atoms with E-state index in [0.717, 1.165) is 44.3 Å². The molecule has 1 heterocycles. The largest absolute Gasteiger partial charge is 0.369 e. The summed E-state index contributed by atoms with van der Waals surface area (Å²) in [6, 6.07) is 8.06. The van der Waals surface area contributed by atoms with Crippen LogP contribution in [0, 0.1) is 0 Å². The van der Waals surface area contributed by atoms with Gasteiger partial charge in [-0.15, -0.1) is 0 Å². The number of anilines is 1. The molecule has 116 valence electrons. The second kappa shape index (κ2) is 12.0. The fourth-order valence-electron chi connectivity index (χ4n) is 2.09. The zero-order valence-electron chi connectivity index (χ0n) is 13.4. The molecule has 0 unspecified atom stereocenters. The van der Waals surface area contributed by atoms with E-state index in [9.17, 15) is 0 Å². The first-order valence-electron chi connectivity index (χ1n) is 7.72. The van der Waals surface area contributed by atoms with Crippen LogP contribution in [-0.2, 0) is 0 Å². The summed E-state index contributed by atoms with van der Waals surface area (Å²) in [5, 5.41) is 0.807. The van der Waals surface area contributed by atoms with E-state index < -0.39 is 0 Å². The van der Waals surface area contributed by atoms with Gasteiger partial charge in [0.2, 0.25) is 0 Å². The molecule has 0 saturated carbocycles. The molecule has 0 aromatic heterocycles. The molecule has 4 heteroatoms. The average Bonchev–Trinajstić information content (AvgIpc) is 2.52. The minimum Gasteiger partial charge on any atom is -0.369 e. The molecule has 0 aliphatic carbocycles. The minimum absolute atomic E-state index is 0.747. The smallest absolute Gasteiger partial charge is 0.0426 e. The van der Waals surface area contributed by atoms with Gasteiger partial charge in [-0.3, -0.25) is 4.90 Å². The number of hydrogen-bond acceptors (Lipinski definition) is 3. The predicted molar refractivity (Wildman–Crippen MR) is 91.9 cm³/mol. The Hall–Kier alpha value is -0.770. The van der Waals surface area contributed by atoms with Gasteiger partial charge in [0.1, 0.15) is 0 Å². The lowest BCUT2D eigenvalue weighted by molar-refractivity contribution is 0.265. The summed E-state index contributed by atoms with van der Waals surface area (Å²) < 4.78 is 0. The Bertz CT molecular complexity index is 336. The van der Waals surface area contributed by atoms with Crippen molar-refractivity contribution in [2.24, 2.45) is 5.73 Å². The molecule has 0 spiro atoms. The van der Waals surface area contributed by atoms with Crippen LogP contribution in [0.3, 0.4) is 0 Å². The van der Waals surface area contributed by atoms with Gasteiger partial charge < -0.3 is 10.6 Å². The number of benzene rings is 1. The fraction of sp³-hybridized carbons (Fsp3) is 0.625. The zero-order chi connectivity index (χ0) is 15.4. The van der Waals surface area contributed by atoms with Crippen molar-refractivity contribution in [3.8, 4) is 0 Å². The molecule has 3 nitrogen and oxygen atoms in total. The summed E-state index contributed by atoms with van der Waals surface area (Å²) in [6.45, 7) is 14.0. The highest BCUT2D eigenvalue weighted by Crippen LogP contribution is 2.20. The van der Waals surface area contributed by atoms with Crippen molar-refractivity contribution in [2.75, 3.05) is 44.2 Å². The van der Waals surface area contributed by atoms with Crippen LogP contribution >= 0.6 is 11.6 Å². The third-order valence-electron chi connectivity index (χ3n) is 2.99. The van der Waals surface area contributed by atoms with E-state index >= 15 is 0 Å². The fourth-order valence-corrected chi connectivity index (χ4v) is 2.27. The van der Waals surface area contributed by atoms with E-state index in [2.05, 4.69) is 15.9 Å². The van der Waals surface area contributed by atoms with Crippen LogP contribution in [0.25, 0.3) is 0 Å². The van der Waals surface area contributed by atoms with E-state index in [1.807, 2.05) is 45.9 Å². The van der Waals surface area contributed by atoms with Crippen LogP contribution in [0.5, 0.6) is 0 Å². The Kier molecular flexibility index (Phi) is 11.5. The van der Waals surface area contributed by atoms with Crippen LogP contribution in [0.1, 0.15) is 27.7 Å². The Morgan fingerprint density at radius 1 is 1.05 bits per heavy atom. The van der Waals surface area contributed by atoms with Gasteiger partial charge in [0.15, 0.2) is 0 Å². The summed E-state index contributed by atoms with van der Waals surface area (Å²) in [6.07, 6.45) is 0. The Morgan fingerprint density at radius 2 is 1.65 bits per heavy atom. The highest BCUT2D eigenvalue weighted by molar-refractivity contribution is 6.30. The summed E-state index contributed by atoms with van der Waals surface area (Å²) in [5.41, 5.74) is 6.77. The monoisotopic (exact) mass is 299 g/mol. The quantitative estimate of drug-likeness (QED) is 0.927. The van der Waals surface area contributed by atoms with E-state index in [1.54, 1.807) is 0 Å². The molecule has 0 atom stereocenters. The lowest BCUT2D eigenvalue weighted by Crippen LogP contribution is -2.47. The van der Waals surface area contributed by atoms with Gasteiger partial charge in [-0.1, -0.05) is 45.4 Å². The van der Waals surface area contributed by atoms with Crippen LogP contribution in [0.15, 0.2) is 24.3 Å². The summed E-state index contributed by atoms with van der Waals surface area (Å²) >= 11 is 5.99. The van der Waals surface area contributed by atoms with E-state index in [1.165, 1.54) is 5.69 Å². The summed E-state index contributed by atoms with van der Waals surface area (Å²) in [4.78, 5) is 4.78. The average molecular weight is 300 g/mol. The van der Waals surface area contributed by atoms with Crippen molar-refractivity contribution in [3.05, 3.63) is 29.3 Å². The molecule has 0 amide bonds. The molecule has 2 rings (SSSR count). The maximum absolute atomic E-state index is 5.99. The van der Waals surface area contributed by atoms with Crippen LogP contribution < -0.4 is 10.6 Å². The van der Waals surface area contributed by atoms with Gasteiger partial charge in [0.05, 0.1) is 0 Å². The Labute approximate surface area is 129 Å². The summed E-state index contributed by atoms with van der Waals surface area (Å²) in [5.74, 6) is 0. The second-order valence-electron chi connectivity index (χ2n) is 4.10. The van der Waals surface area contributed by atoms with Crippen molar-refractivity contribution in [1.82, 2.24) is 4.90 Å². The lowest BCUT2D eigenvalue weighted by atomic mass is 10.2. The van der Waals surface area contributed by atoms with Crippen LogP contribution in [-0.4, -0.2) is 44.2 Å². The standard InChI is InChI=1S/C12H18ClN3.2C2H6/c13-11-2-1-3-12(10-11)16-8-6-15(5-4-14)7-9-16;2*1-2/h1-3,10H,4-9,14H2;2*1-2H3. The third kappa shape index (κ3) is 6.60. The van der Waals surface area contributed by atoms with Gasteiger partial charge in [0.25, 0.3) is 0 Å². The van der Waals surface area contributed by atoms with E-state index in [-0.39, 0.29) is 0 Å². The van der Waals surface area contributed by atoms with E-state index in [4.69, 9.17) is 17.3 Å². The Morgan fingerprint density at radius 3 is 2.15 bits per heavy atom. The first-order valence-corrected chi connectivity index (χ1v) is 8.10. The van der Waals surface area contributed by atoms with Crippen LogP contribution in [0.4, 0.5) is 5.69 Å². The topological polar surface area (TPSA) is 32.5 Å². The summed E-state index contributed by atoms with van der Waals surface area (Å²) in [7, 11) is 0. The number of rotatable bonds is 3. The lowest BCUT2D eigenvalue weighted by Gasteiger charge is -2.35. The van der Waals surface area contributed by atoms with Crippen molar-refractivity contribution in [3.63, 3.8) is 0 Å². The zero-order valence-corrected chi connectivity index (χ0v) is 14.2. The molecule has 2 N–H and O–H groups in total. The van der Waals surface area contributed by atoms with E-state index in [0.29, 0.717) is 0 Å². The van der Waals surface area contributed by atoms with Crippen molar-refractivity contribution >= 4 is 17.3 Å². The highest BCUT2D eigenvalue weighted by atomic mass is 35.5. The Balaban J connectivity index is 0.000000829. The highest BCUT2D eigenvalue weighted by Gasteiger charge is 2.16. The molecule has 0 bridgehead atoms. The molecule has 1 aromatic rings. The van der Waals surface area contributed by atoms with Gasteiger partial charge >= 0.3 is 0 Å². The van der Waals surface area contributed by atoms with Gasteiger partial charge in [-0.25, -0.2) is 0 Å². The maximum atomic E-state index is 5.99. The van der Waals surface area contributed by atoms with Crippen molar-refractivity contribution in [2.45, 2.75) is 27.7 Å². The third-order valence-corrected chi connectivity index (χ3v) is 3.23. The molecular weight excluding hydrogens is 270 g/mol. The molecule has 1 aromatic carbocycles. The molecule has 1 aliphatic rings. The molecular formula is C16H30ClN3. The van der Waals surface area contributed by atoms with Gasteiger partial charge in [-0.05, 0) is 18.2 Å². The minimum atomic E-state index is 0.747. The number of piperazine rings is 1. The normalized spacial score (nSPS) is 14.8. The second-order valence-corrected chi connectivity index (χ2v) is 4.53. The van der Waals surface area contributed by atoms with Crippen molar-refractivity contribution < 1.29 is 0 Å². The van der Waals surface area contributed by atoms with Gasteiger partial charge in [0, 0.05) is 50.0 Å². The van der Waals surface area contributed by atoms with Crippen molar-refractivity contribution in [1.29, 1.82) is 0 Å². The number of nitrogens with two attached hydrogens (primary N) is 1. The molecule has 1 saturated heterocycles. The first kappa shape index (κ1) is 19.2. The number of hydrogen-bond donors (Lipinski definition) is 1. The first-order chi connectivity index (χ1) is 9.79. The molecule has 20 heavy (non-hydrogen) atoms. The SMILES string of the molecule is CC.CC.NCCN1CCN(c2cccc(Cl)c2)CC1.